The zero-order valence-electron chi connectivity index (χ0n) is 6.65. The van der Waals surface area contributed by atoms with Gasteiger partial charge in [0.2, 0.25) is 0 Å². The molecule has 0 N–H and O–H groups in total. The molecule has 0 saturated heterocycles. The first kappa shape index (κ1) is 12.2. The topological polar surface area (TPSA) is 0 Å². The number of rotatable bonds is 3. The maximum absolute atomic E-state index is 2.17. The molecule has 0 nitrogen and oxygen atoms in total. The van der Waals surface area contributed by atoms with Crippen molar-refractivity contribution >= 4 is 0 Å². The first-order valence-electron chi connectivity index (χ1n) is 3.63. The molecule has 0 aliphatic heterocycles. The van der Waals surface area contributed by atoms with E-state index in [4.69, 9.17) is 0 Å². The Balaban J connectivity index is 0. The Labute approximate surface area is 65.7 Å². The minimum absolute atomic E-state index is 0. The van der Waals surface area contributed by atoms with Crippen LogP contribution in [0.5, 0.6) is 0 Å². The lowest BCUT2D eigenvalue weighted by atomic mass is 10.2. The van der Waals surface area contributed by atoms with Crippen LogP contribution in [0.2, 0.25) is 0 Å². The smallest absolute Gasteiger partial charge is 0.0349 e. The normalized spacial score (nSPS) is 11.7. The number of hydrogen-bond donors (Lipinski definition) is 0. The van der Waals surface area contributed by atoms with Crippen LogP contribution in [-0.2, 0) is 0 Å². The van der Waals surface area contributed by atoms with E-state index < -0.39 is 0 Å². The van der Waals surface area contributed by atoms with Crippen molar-refractivity contribution in [3.63, 3.8) is 0 Å². The van der Waals surface area contributed by atoms with Gasteiger partial charge >= 0.3 is 0 Å². The summed E-state index contributed by atoms with van der Waals surface area (Å²) in [7, 11) is 0. The molecule has 0 atom stereocenters. The summed E-state index contributed by atoms with van der Waals surface area (Å²) >= 11 is 0. The van der Waals surface area contributed by atoms with Crippen LogP contribution in [0.25, 0.3) is 0 Å². The van der Waals surface area contributed by atoms with Crippen molar-refractivity contribution in [3.05, 3.63) is 23.8 Å². The van der Waals surface area contributed by atoms with Gasteiger partial charge in [0.25, 0.3) is 0 Å². The highest BCUT2D eigenvalue weighted by atomic mass is 13.8. The van der Waals surface area contributed by atoms with E-state index >= 15 is 0 Å². The third-order valence-electron chi connectivity index (χ3n) is 1.31. The van der Waals surface area contributed by atoms with E-state index in [0.717, 1.165) is 12.8 Å². The van der Waals surface area contributed by atoms with Crippen molar-refractivity contribution in [1.29, 1.82) is 0 Å². The highest BCUT2D eigenvalue weighted by Gasteiger charge is 1.76. The van der Waals surface area contributed by atoms with E-state index in [1.165, 1.54) is 5.57 Å². The van der Waals surface area contributed by atoms with Gasteiger partial charge in [0, 0.05) is 0 Å². The Morgan fingerprint density at radius 3 is 2.30 bits per heavy atom. The van der Waals surface area contributed by atoms with E-state index in [0.29, 0.717) is 0 Å². The molecule has 0 aromatic rings. The second kappa shape index (κ2) is 8.48. The molecule has 0 fully saturated rings. The van der Waals surface area contributed by atoms with Crippen molar-refractivity contribution in [3.8, 4) is 0 Å². The molecule has 0 aliphatic rings. The van der Waals surface area contributed by atoms with Crippen LogP contribution in [0.1, 0.15) is 41.0 Å². The van der Waals surface area contributed by atoms with Crippen molar-refractivity contribution in [2.24, 2.45) is 0 Å². The quantitative estimate of drug-likeness (QED) is 0.521. The molecule has 60 valence electrons. The number of allylic oxidation sites excluding steroid dienone is 4. The molecule has 0 radical (unpaired) electrons. The average Bonchev–Trinajstić information content (AvgIpc) is 1.89. The second-order valence-electron chi connectivity index (χ2n) is 2.20. The highest BCUT2D eigenvalue weighted by Crippen LogP contribution is 1.97. The van der Waals surface area contributed by atoms with E-state index in [-0.39, 0.29) is 7.43 Å². The third-order valence-corrected chi connectivity index (χ3v) is 1.31. The van der Waals surface area contributed by atoms with Gasteiger partial charge in [-0.05, 0) is 19.8 Å². The van der Waals surface area contributed by atoms with Gasteiger partial charge in [0.05, 0.1) is 0 Å². The van der Waals surface area contributed by atoms with Gasteiger partial charge in [-0.1, -0.05) is 45.1 Å². The molecular weight excluding hydrogens is 120 g/mol. The van der Waals surface area contributed by atoms with Gasteiger partial charge in [-0.15, -0.1) is 0 Å². The Bertz CT molecular complexity index is 107. The Morgan fingerprint density at radius 1 is 1.30 bits per heavy atom. The van der Waals surface area contributed by atoms with Crippen LogP contribution in [0.3, 0.4) is 0 Å². The van der Waals surface area contributed by atoms with Gasteiger partial charge < -0.3 is 0 Å². The molecule has 0 spiro atoms. The van der Waals surface area contributed by atoms with Crippen LogP contribution in [0, 0.1) is 0 Å². The Hall–Kier alpha value is -0.520. The van der Waals surface area contributed by atoms with E-state index in [9.17, 15) is 0 Å². The van der Waals surface area contributed by atoms with Crippen LogP contribution in [0.15, 0.2) is 23.8 Å². The Kier molecular flexibility index (Phi) is 10.3. The molecule has 0 heterocycles. The molecule has 0 unspecified atom stereocenters. The van der Waals surface area contributed by atoms with Crippen molar-refractivity contribution in [2.75, 3.05) is 0 Å². The van der Waals surface area contributed by atoms with Gasteiger partial charge in [-0.25, -0.2) is 0 Å². The molecule has 0 aliphatic carbocycles. The van der Waals surface area contributed by atoms with Gasteiger partial charge in [0.15, 0.2) is 0 Å². The third kappa shape index (κ3) is 7.48. The molecule has 0 aromatic carbocycles. The van der Waals surface area contributed by atoms with Crippen LogP contribution in [0.4, 0.5) is 0 Å². The molecular formula is C10H20. The largest absolute Gasteiger partial charge is 0.0848 e. The molecule has 0 bridgehead atoms. The summed E-state index contributed by atoms with van der Waals surface area (Å²) in [6.45, 7) is 6.47. The van der Waals surface area contributed by atoms with E-state index in [2.05, 4.69) is 39.0 Å². The zero-order chi connectivity index (χ0) is 7.11. The monoisotopic (exact) mass is 140 g/mol. The van der Waals surface area contributed by atoms with E-state index in [1.54, 1.807) is 0 Å². The summed E-state index contributed by atoms with van der Waals surface area (Å²) in [6.07, 6.45) is 8.75. The highest BCUT2D eigenvalue weighted by molar-refractivity contribution is 5.09. The lowest BCUT2D eigenvalue weighted by Crippen LogP contribution is -1.66. The maximum atomic E-state index is 2.17. The fraction of sp³-hybridized carbons (Fsp3) is 0.600. The summed E-state index contributed by atoms with van der Waals surface area (Å²) in [4.78, 5) is 0. The van der Waals surface area contributed by atoms with Crippen molar-refractivity contribution in [2.45, 2.75) is 41.0 Å². The molecule has 0 amide bonds. The lowest BCUT2D eigenvalue weighted by molar-refractivity contribution is 1.10. The first-order chi connectivity index (χ1) is 4.31. The maximum Gasteiger partial charge on any atom is -0.0349 e. The summed E-state index contributed by atoms with van der Waals surface area (Å²) in [5.41, 5.74) is 1.44. The fourth-order valence-electron chi connectivity index (χ4n) is 0.486. The van der Waals surface area contributed by atoms with Crippen molar-refractivity contribution in [1.82, 2.24) is 0 Å². The fourth-order valence-corrected chi connectivity index (χ4v) is 0.486. The predicted octanol–water partition coefficient (Wildman–Crippen LogP) is 3.95. The summed E-state index contributed by atoms with van der Waals surface area (Å²) in [6, 6.07) is 0. The van der Waals surface area contributed by atoms with E-state index in [1.807, 2.05) is 0 Å². The zero-order valence-corrected chi connectivity index (χ0v) is 6.65. The summed E-state index contributed by atoms with van der Waals surface area (Å²) in [5, 5.41) is 0. The average molecular weight is 140 g/mol. The van der Waals surface area contributed by atoms with Gasteiger partial charge in [0.1, 0.15) is 0 Å². The van der Waals surface area contributed by atoms with Gasteiger partial charge in [-0.2, -0.15) is 0 Å². The molecule has 0 aromatic heterocycles. The van der Waals surface area contributed by atoms with Crippen LogP contribution in [-0.4, -0.2) is 0 Å². The van der Waals surface area contributed by atoms with Gasteiger partial charge in [-0.3, -0.25) is 0 Å². The summed E-state index contributed by atoms with van der Waals surface area (Å²) in [5.74, 6) is 0. The minimum atomic E-state index is 0. The van der Waals surface area contributed by atoms with Crippen LogP contribution < -0.4 is 0 Å². The van der Waals surface area contributed by atoms with Crippen LogP contribution >= 0.6 is 0 Å². The molecule has 0 saturated carbocycles. The predicted molar refractivity (Wildman–Crippen MR) is 50.2 cm³/mol. The van der Waals surface area contributed by atoms with Crippen molar-refractivity contribution < 1.29 is 0 Å². The Morgan fingerprint density at radius 2 is 1.90 bits per heavy atom. The first-order valence-corrected chi connectivity index (χ1v) is 3.63. The SMILES string of the molecule is C.CC/C=C\C=C(\C)CC. The molecule has 0 rings (SSSR count). The summed E-state index contributed by atoms with van der Waals surface area (Å²) < 4.78 is 0. The number of hydrogen-bond acceptors (Lipinski definition) is 0. The standard InChI is InChI=1S/C9H16.CH4/c1-4-6-7-8-9(3)5-2;/h6-8H,4-5H2,1-3H3;1H4/b7-6-,9-8-;. The molecule has 10 heavy (non-hydrogen) atoms. The lowest BCUT2D eigenvalue weighted by Gasteiger charge is -1.87. The second-order valence-corrected chi connectivity index (χ2v) is 2.20. The minimum Gasteiger partial charge on any atom is -0.0848 e. The molecule has 0 heteroatoms.